The summed E-state index contributed by atoms with van der Waals surface area (Å²) in [6.45, 7) is 0. The van der Waals surface area contributed by atoms with E-state index in [2.05, 4.69) is 31.3 Å². The van der Waals surface area contributed by atoms with Crippen molar-refractivity contribution >= 4 is 22.9 Å². The summed E-state index contributed by atoms with van der Waals surface area (Å²) in [5.74, 6) is 0.911. The molecule has 0 spiro atoms. The number of anilines is 1. The Morgan fingerprint density at radius 2 is 2.18 bits per heavy atom. The maximum absolute atomic E-state index is 12.8. The van der Waals surface area contributed by atoms with Gasteiger partial charge in [-0.05, 0) is 57.9 Å². The number of nitrogens with one attached hydrogen (secondary N) is 2. The molecule has 2 N–H and O–H groups in total. The van der Waals surface area contributed by atoms with E-state index < -0.39 is 0 Å². The molecule has 4 aromatic rings. The Hall–Kier alpha value is -3.46. The van der Waals surface area contributed by atoms with Crippen LogP contribution in [0, 0.1) is 0 Å². The van der Waals surface area contributed by atoms with Crippen LogP contribution in [-0.2, 0) is 4.79 Å². The van der Waals surface area contributed by atoms with Crippen LogP contribution in [0.1, 0.15) is 18.0 Å². The van der Waals surface area contributed by atoms with Gasteiger partial charge in [-0.3, -0.25) is 4.79 Å². The first kappa shape index (κ1) is 17.9. The molecule has 142 valence electrons. The highest BCUT2D eigenvalue weighted by molar-refractivity contribution is 7.08. The first-order chi connectivity index (χ1) is 13.7. The minimum atomic E-state index is -0.0888. The minimum absolute atomic E-state index is 0.0591. The van der Waals surface area contributed by atoms with Gasteiger partial charge in [-0.15, -0.1) is 10.2 Å². The van der Waals surface area contributed by atoms with Crippen molar-refractivity contribution in [3.8, 4) is 17.1 Å². The lowest BCUT2D eigenvalue weighted by atomic mass is 10.1. The van der Waals surface area contributed by atoms with Gasteiger partial charge in [-0.1, -0.05) is 0 Å². The number of thiophene rings is 1. The number of methoxy groups -OCH3 is 1. The third kappa shape index (κ3) is 3.79. The van der Waals surface area contributed by atoms with E-state index >= 15 is 0 Å². The van der Waals surface area contributed by atoms with Gasteiger partial charge >= 0.3 is 0 Å². The van der Waals surface area contributed by atoms with Gasteiger partial charge in [0.2, 0.25) is 11.7 Å². The molecule has 0 fully saturated rings. The third-order valence-corrected chi connectivity index (χ3v) is 5.07. The van der Waals surface area contributed by atoms with Crippen molar-refractivity contribution in [3.05, 3.63) is 65.1 Å². The molecular formula is C19H18N6O2S. The van der Waals surface area contributed by atoms with Gasteiger partial charge in [-0.2, -0.15) is 16.6 Å². The zero-order chi connectivity index (χ0) is 19.3. The number of ether oxygens (including phenoxy) is 1. The second-order valence-corrected chi connectivity index (χ2v) is 6.89. The second-order valence-electron chi connectivity index (χ2n) is 6.11. The normalized spacial score (nSPS) is 11.9. The smallest absolute Gasteiger partial charge is 0.226 e. The van der Waals surface area contributed by atoms with Crippen molar-refractivity contribution in [1.29, 1.82) is 0 Å². The Morgan fingerprint density at radius 3 is 2.86 bits per heavy atom. The van der Waals surface area contributed by atoms with E-state index in [1.54, 1.807) is 36.6 Å². The summed E-state index contributed by atoms with van der Waals surface area (Å²) in [4.78, 5) is 12.8. The van der Waals surface area contributed by atoms with Crippen molar-refractivity contribution in [2.45, 2.75) is 12.5 Å². The highest BCUT2D eigenvalue weighted by Gasteiger charge is 2.19. The number of carbonyl (C=O) groups excluding carboxylic acids is 1. The summed E-state index contributed by atoms with van der Waals surface area (Å²) in [6, 6.07) is 11.2. The standard InChI is InChI=1S/C19H18N6O2S/c1-27-17-5-4-14(10-15(17)19-21-23-24-22-19)20-18(26)11-16(13-6-9-28-12-13)25-7-2-3-8-25/h2-10,12,16H,11H2,1H3,(H,20,26)(H,21,22,23,24). The minimum Gasteiger partial charge on any atom is -0.496 e. The molecule has 0 saturated heterocycles. The quantitative estimate of drug-likeness (QED) is 0.501. The zero-order valence-electron chi connectivity index (χ0n) is 15.1. The lowest BCUT2D eigenvalue weighted by Crippen LogP contribution is -2.19. The Kier molecular flexibility index (Phi) is 5.16. The van der Waals surface area contributed by atoms with Gasteiger partial charge in [-0.25, -0.2) is 0 Å². The van der Waals surface area contributed by atoms with Crippen LogP contribution in [0.5, 0.6) is 5.75 Å². The van der Waals surface area contributed by atoms with Gasteiger partial charge in [0, 0.05) is 18.1 Å². The van der Waals surface area contributed by atoms with E-state index in [-0.39, 0.29) is 11.9 Å². The summed E-state index contributed by atoms with van der Waals surface area (Å²) in [7, 11) is 1.57. The predicted molar refractivity (Wildman–Crippen MR) is 106 cm³/mol. The highest BCUT2D eigenvalue weighted by Crippen LogP contribution is 2.30. The molecule has 1 aromatic carbocycles. The van der Waals surface area contributed by atoms with E-state index in [0.29, 0.717) is 29.2 Å². The van der Waals surface area contributed by atoms with Crippen LogP contribution in [0.25, 0.3) is 11.4 Å². The summed E-state index contributed by atoms with van der Waals surface area (Å²) in [5.41, 5.74) is 2.40. The lowest BCUT2D eigenvalue weighted by Gasteiger charge is -2.18. The number of benzene rings is 1. The van der Waals surface area contributed by atoms with Gasteiger partial charge < -0.3 is 14.6 Å². The Bertz CT molecular complexity index is 995. The highest BCUT2D eigenvalue weighted by atomic mass is 32.1. The van der Waals surface area contributed by atoms with Gasteiger partial charge in [0.25, 0.3) is 0 Å². The number of hydrogen-bond acceptors (Lipinski definition) is 6. The molecule has 1 amide bonds. The van der Waals surface area contributed by atoms with E-state index in [4.69, 9.17) is 4.74 Å². The monoisotopic (exact) mass is 394 g/mol. The van der Waals surface area contributed by atoms with E-state index in [0.717, 1.165) is 5.56 Å². The number of nitrogens with zero attached hydrogens (tertiary/aromatic N) is 4. The maximum Gasteiger partial charge on any atom is 0.226 e. The van der Waals surface area contributed by atoms with Gasteiger partial charge in [0.1, 0.15) is 5.75 Å². The van der Waals surface area contributed by atoms with Gasteiger partial charge in [0.15, 0.2) is 0 Å². The maximum atomic E-state index is 12.8. The van der Waals surface area contributed by atoms with E-state index in [1.165, 1.54) is 0 Å². The number of hydrogen-bond donors (Lipinski definition) is 2. The molecule has 3 heterocycles. The average Bonchev–Trinajstić information content (AvgIpc) is 3.49. The van der Waals surface area contributed by atoms with Crippen LogP contribution in [0.2, 0.25) is 0 Å². The number of aromatic nitrogens is 5. The predicted octanol–water partition coefficient (Wildman–Crippen LogP) is 3.36. The van der Waals surface area contributed by atoms with Crippen LogP contribution in [-0.4, -0.2) is 38.2 Å². The van der Waals surface area contributed by atoms with Crippen LogP contribution in [0.15, 0.2) is 59.6 Å². The summed E-state index contributed by atoms with van der Waals surface area (Å²) in [6.07, 6.45) is 4.25. The number of rotatable bonds is 7. The Balaban J connectivity index is 1.54. The lowest BCUT2D eigenvalue weighted by molar-refractivity contribution is -0.116. The van der Waals surface area contributed by atoms with Crippen LogP contribution in [0.3, 0.4) is 0 Å². The molecule has 0 aliphatic heterocycles. The second kappa shape index (κ2) is 8.05. The number of amides is 1. The number of aromatic amines is 1. The summed E-state index contributed by atoms with van der Waals surface area (Å²) < 4.78 is 7.40. The van der Waals surface area contributed by atoms with Crippen LogP contribution < -0.4 is 10.1 Å². The molecule has 8 nitrogen and oxygen atoms in total. The van der Waals surface area contributed by atoms with E-state index in [9.17, 15) is 4.79 Å². The fourth-order valence-corrected chi connectivity index (χ4v) is 3.75. The topological polar surface area (TPSA) is 97.7 Å². The van der Waals surface area contributed by atoms with Crippen molar-refractivity contribution < 1.29 is 9.53 Å². The molecule has 0 aliphatic rings. The molecule has 28 heavy (non-hydrogen) atoms. The molecule has 1 unspecified atom stereocenters. The Labute approximate surface area is 165 Å². The molecule has 0 bridgehead atoms. The molecule has 1 atom stereocenters. The number of H-pyrrole nitrogens is 1. The molecule has 4 rings (SSSR count). The molecule has 9 heteroatoms. The first-order valence-electron chi connectivity index (χ1n) is 8.61. The Morgan fingerprint density at radius 1 is 1.32 bits per heavy atom. The molecule has 0 aliphatic carbocycles. The largest absolute Gasteiger partial charge is 0.496 e. The van der Waals surface area contributed by atoms with Crippen LogP contribution in [0.4, 0.5) is 5.69 Å². The fraction of sp³-hybridized carbons (Fsp3) is 0.158. The molecule has 0 radical (unpaired) electrons. The van der Waals surface area contributed by atoms with Crippen molar-refractivity contribution in [3.63, 3.8) is 0 Å². The van der Waals surface area contributed by atoms with E-state index in [1.807, 2.05) is 40.5 Å². The zero-order valence-corrected chi connectivity index (χ0v) is 15.9. The molecule has 3 aromatic heterocycles. The van der Waals surface area contributed by atoms with Crippen molar-refractivity contribution in [2.24, 2.45) is 0 Å². The third-order valence-electron chi connectivity index (χ3n) is 4.36. The van der Waals surface area contributed by atoms with Gasteiger partial charge in [0.05, 0.1) is 25.1 Å². The molecule has 0 saturated carbocycles. The summed E-state index contributed by atoms with van der Waals surface area (Å²) >= 11 is 1.62. The van der Waals surface area contributed by atoms with Crippen LogP contribution >= 0.6 is 11.3 Å². The molecular weight excluding hydrogens is 376 g/mol. The summed E-state index contributed by atoms with van der Waals surface area (Å²) in [5, 5.41) is 21.0. The SMILES string of the molecule is COc1ccc(NC(=O)CC(c2ccsc2)n2cccc2)cc1-c1nn[nH]n1. The number of carbonyl (C=O) groups is 1. The van der Waals surface area contributed by atoms with Crippen molar-refractivity contribution in [2.75, 3.05) is 12.4 Å². The average molecular weight is 394 g/mol. The number of tetrazole rings is 1. The van der Waals surface area contributed by atoms with Crippen molar-refractivity contribution in [1.82, 2.24) is 25.2 Å². The first-order valence-corrected chi connectivity index (χ1v) is 9.55. The fourth-order valence-electron chi connectivity index (χ4n) is 3.04.